The first kappa shape index (κ1) is 16.3. The summed E-state index contributed by atoms with van der Waals surface area (Å²) < 4.78 is 36.4. The number of hydrogen-bond acceptors (Lipinski definition) is 6. The molecule has 1 aliphatic rings. The number of nitrogens with zero attached hydrogens (tertiary/aromatic N) is 1. The van der Waals surface area contributed by atoms with E-state index in [1.54, 1.807) is 0 Å². The number of ether oxygens (including phenoxy) is 1. The fraction of sp³-hybridized carbons (Fsp3) is 0.600. The van der Waals surface area contributed by atoms with Gasteiger partial charge in [0.15, 0.2) is 18.5 Å². The predicted octanol–water partition coefficient (Wildman–Crippen LogP) is 0.125. The minimum absolute atomic E-state index is 0.636. The molecular formula is C10H13FN2O6PS+. The molecule has 0 saturated carbocycles. The van der Waals surface area contributed by atoms with Crippen LogP contribution >= 0.6 is 19.5 Å². The number of thiol groups is 1. The van der Waals surface area contributed by atoms with Gasteiger partial charge >= 0.3 is 12.9 Å². The predicted molar refractivity (Wildman–Crippen MR) is 73.3 cm³/mol. The van der Waals surface area contributed by atoms with E-state index >= 15 is 0 Å². The van der Waals surface area contributed by atoms with Crippen LogP contribution in [0.1, 0.15) is 13.2 Å². The van der Waals surface area contributed by atoms with Crippen molar-refractivity contribution in [1.82, 2.24) is 9.55 Å². The first-order valence-corrected chi connectivity index (χ1v) is 8.26. The standard InChI is InChI=1S/C10H12FN2O6PS/c1-4(14)7-8(19-20(17)21)6(11)9(18-7)13-3-2-5(15)12-10(13)16/h2-4,6-9,14H,1H3,(H-,12,15,16,17,21)/p+1/t4-,6?,7-,8?,9-/m1/s1. The molecule has 1 aliphatic heterocycles. The molecule has 3 unspecified atom stereocenters. The Labute approximate surface area is 123 Å². The van der Waals surface area contributed by atoms with Gasteiger partial charge in [-0.2, -0.15) is 0 Å². The average Bonchev–Trinajstić information content (AvgIpc) is 2.67. The second-order valence-electron chi connectivity index (χ2n) is 4.50. The largest absolute Gasteiger partial charge is 0.582 e. The van der Waals surface area contributed by atoms with Gasteiger partial charge < -0.3 is 9.84 Å². The van der Waals surface area contributed by atoms with Crippen molar-refractivity contribution in [1.29, 1.82) is 0 Å². The lowest BCUT2D eigenvalue weighted by atomic mass is 10.1. The van der Waals surface area contributed by atoms with Crippen molar-refractivity contribution in [2.75, 3.05) is 0 Å². The molecule has 8 nitrogen and oxygen atoms in total. The number of alkyl halides is 1. The average molecular weight is 339 g/mol. The molecule has 1 fully saturated rings. The van der Waals surface area contributed by atoms with Crippen LogP contribution in [0.4, 0.5) is 4.39 Å². The Morgan fingerprint density at radius 1 is 1.62 bits per heavy atom. The molecule has 2 rings (SSSR count). The van der Waals surface area contributed by atoms with Crippen molar-refractivity contribution in [3.8, 4) is 0 Å². The fourth-order valence-corrected chi connectivity index (χ4v) is 2.89. The SMILES string of the molecule is C[C@@H](O)[C@H]1O[C@@H](n2ccc(=O)[nH]c2=O)C(F)C1O[P+](=O)S. The van der Waals surface area contributed by atoms with Crippen LogP contribution in [0.15, 0.2) is 21.9 Å². The van der Waals surface area contributed by atoms with Gasteiger partial charge in [-0.1, -0.05) is 0 Å². The Morgan fingerprint density at radius 2 is 2.29 bits per heavy atom. The topological polar surface area (TPSA) is 111 Å². The quantitative estimate of drug-likeness (QED) is 0.531. The van der Waals surface area contributed by atoms with Gasteiger partial charge in [-0.15, -0.1) is 4.52 Å². The Balaban J connectivity index is 2.35. The number of hydrogen-bond donors (Lipinski definition) is 3. The van der Waals surface area contributed by atoms with Gasteiger partial charge in [0, 0.05) is 12.3 Å². The first-order valence-electron chi connectivity index (χ1n) is 5.93. The Bertz CT molecular complexity index is 649. The van der Waals surface area contributed by atoms with E-state index in [-0.39, 0.29) is 0 Å². The molecule has 11 heteroatoms. The molecule has 1 aromatic rings. The van der Waals surface area contributed by atoms with Crippen molar-refractivity contribution in [2.45, 2.75) is 37.6 Å². The maximum Gasteiger partial charge on any atom is 0.582 e. The molecule has 2 heterocycles. The summed E-state index contributed by atoms with van der Waals surface area (Å²) in [5.41, 5.74) is -1.50. The monoisotopic (exact) mass is 339 g/mol. The number of halogens is 1. The van der Waals surface area contributed by atoms with Crippen LogP contribution in [0.2, 0.25) is 0 Å². The maximum absolute atomic E-state index is 14.4. The molecule has 2 N–H and O–H groups in total. The molecule has 21 heavy (non-hydrogen) atoms. The van der Waals surface area contributed by atoms with Crippen molar-refractivity contribution < 1.29 is 23.3 Å². The van der Waals surface area contributed by atoms with E-state index < -0.39 is 49.2 Å². The molecule has 0 bridgehead atoms. The molecular weight excluding hydrogens is 326 g/mol. The second kappa shape index (κ2) is 6.37. The lowest BCUT2D eigenvalue weighted by molar-refractivity contribution is -0.0747. The summed E-state index contributed by atoms with van der Waals surface area (Å²) in [5.74, 6) is 0. The molecule has 1 saturated heterocycles. The van der Waals surface area contributed by atoms with E-state index in [4.69, 9.17) is 9.26 Å². The number of aromatic amines is 1. The number of rotatable bonds is 4. The van der Waals surface area contributed by atoms with Gasteiger partial charge in [0.1, 0.15) is 18.4 Å². The zero-order valence-electron chi connectivity index (χ0n) is 10.7. The summed E-state index contributed by atoms with van der Waals surface area (Å²) >= 11 is 3.54. The van der Waals surface area contributed by atoms with Gasteiger partial charge in [0.25, 0.3) is 5.56 Å². The van der Waals surface area contributed by atoms with Crippen LogP contribution in [0.5, 0.6) is 0 Å². The number of aliphatic hydroxyl groups is 1. The molecule has 0 radical (unpaired) electrons. The van der Waals surface area contributed by atoms with Crippen LogP contribution in [0, 0.1) is 0 Å². The summed E-state index contributed by atoms with van der Waals surface area (Å²) in [7, 11) is -2.42. The normalized spacial score (nSPS) is 31.1. The molecule has 0 aliphatic carbocycles. The van der Waals surface area contributed by atoms with Gasteiger partial charge in [0.05, 0.1) is 6.10 Å². The number of aromatic nitrogens is 2. The highest BCUT2D eigenvalue weighted by Crippen LogP contribution is 2.40. The van der Waals surface area contributed by atoms with E-state index in [9.17, 15) is 23.7 Å². The summed E-state index contributed by atoms with van der Waals surface area (Å²) in [6.07, 6.45) is -5.83. The molecule has 0 spiro atoms. The Hall–Kier alpha value is -1.06. The molecule has 0 aromatic carbocycles. The summed E-state index contributed by atoms with van der Waals surface area (Å²) in [5, 5.41) is 9.59. The Kier molecular flexibility index (Phi) is 4.95. The first-order chi connectivity index (χ1) is 9.81. The van der Waals surface area contributed by atoms with Gasteiger partial charge in [-0.25, -0.2) is 9.18 Å². The molecule has 116 valence electrons. The van der Waals surface area contributed by atoms with E-state index in [2.05, 4.69) is 12.2 Å². The van der Waals surface area contributed by atoms with Gasteiger partial charge in [0.2, 0.25) is 0 Å². The van der Waals surface area contributed by atoms with E-state index in [0.29, 0.717) is 0 Å². The minimum Gasteiger partial charge on any atom is -0.391 e. The number of H-pyrrole nitrogens is 1. The summed E-state index contributed by atoms with van der Waals surface area (Å²) in [6.45, 7) is 1.34. The lowest BCUT2D eigenvalue weighted by Crippen LogP contribution is -2.37. The lowest BCUT2D eigenvalue weighted by Gasteiger charge is -2.17. The maximum atomic E-state index is 14.4. The van der Waals surface area contributed by atoms with Crippen LogP contribution in [0.3, 0.4) is 0 Å². The summed E-state index contributed by atoms with van der Waals surface area (Å²) in [4.78, 5) is 24.6. The Morgan fingerprint density at radius 3 is 2.81 bits per heavy atom. The highest BCUT2D eigenvalue weighted by molar-refractivity contribution is 8.39. The fourth-order valence-electron chi connectivity index (χ4n) is 2.11. The van der Waals surface area contributed by atoms with Gasteiger partial charge in [-0.05, 0) is 11.5 Å². The molecule has 6 atom stereocenters. The third-order valence-corrected chi connectivity index (χ3v) is 3.73. The van der Waals surface area contributed by atoms with Crippen molar-refractivity contribution in [2.24, 2.45) is 0 Å². The van der Waals surface area contributed by atoms with Crippen LogP contribution in [-0.2, 0) is 13.8 Å². The number of aliphatic hydroxyl groups excluding tert-OH is 1. The third kappa shape index (κ3) is 3.41. The van der Waals surface area contributed by atoms with Crippen molar-refractivity contribution in [3.05, 3.63) is 33.1 Å². The third-order valence-electron chi connectivity index (χ3n) is 3.02. The number of nitrogens with one attached hydrogen (secondary N) is 1. The zero-order valence-corrected chi connectivity index (χ0v) is 12.5. The van der Waals surface area contributed by atoms with E-state index in [0.717, 1.165) is 16.8 Å². The van der Waals surface area contributed by atoms with Crippen molar-refractivity contribution >= 4 is 19.5 Å². The van der Waals surface area contributed by atoms with Crippen LogP contribution in [-0.4, -0.2) is 39.1 Å². The molecule has 0 amide bonds. The van der Waals surface area contributed by atoms with Crippen molar-refractivity contribution in [3.63, 3.8) is 0 Å². The van der Waals surface area contributed by atoms with Gasteiger partial charge in [-0.3, -0.25) is 14.3 Å². The van der Waals surface area contributed by atoms with E-state index in [1.807, 2.05) is 4.98 Å². The molecule has 1 aromatic heterocycles. The zero-order chi connectivity index (χ0) is 15.7. The highest BCUT2D eigenvalue weighted by atomic mass is 32.7. The van der Waals surface area contributed by atoms with Crippen LogP contribution in [0.25, 0.3) is 0 Å². The highest BCUT2D eigenvalue weighted by Gasteiger charge is 2.52. The summed E-state index contributed by atoms with van der Waals surface area (Å²) in [6, 6.07) is 1.03. The van der Waals surface area contributed by atoms with E-state index in [1.165, 1.54) is 6.92 Å². The smallest absolute Gasteiger partial charge is 0.391 e. The van der Waals surface area contributed by atoms with Crippen LogP contribution < -0.4 is 11.2 Å². The second-order valence-corrected chi connectivity index (χ2v) is 6.17. The minimum atomic E-state index is -2.42.